The summed E-state index contributed by atoms with van der Waals surface area (Å²) < 4.78 is 4.79. The van der Waals surface area contributed by atoms with Crippen molar-refractivity contribution in [2.75, 3.05) is 6.61 Å². The maximum Gasteiger partial charge on any atom is 0.337 e. The van der Waals surface area contributed by atoms with Crippen molar-refractivity contribution in [3.63, 3.8) is 0 Å². The number of hydrogen-bond donors (Lipinski definition) is 2. The molecule has 0 aromatic carbocycles. The van der Waals surface area contributed by atoms with Crippen LogP contribution in [0.25, 0.3) is 0 Å². The second kappa shape index (κ2) is 3.69. The summed E-state index contributed by atoms with van der Waals surface area (Å²) in [5, 5.41) is 17.1. The average Bonchev–Trinajstić information content (AvgIpc) is 1.94. The molecule has 11 heavy (non-hydrogen) atoms. The second-order valence-electron chi connectivity index (χ2n) is 2.69. The highest BCUT2D eigenvalue weighted by atomic mass is 16.6. The standard InChI is InChI=1S/C7H12O4/c8-4-6(9)7(10)11-5-2-1-3-5/h5-6,8-9H,1-4H2. The van der Waals surface area contributed by atoms with E-state index in [0.29, 0.717) is 0 Å². The van der Waals surface area contributed by atoms with Crippen LogP contribution in [0.5, 0.6) is 0 Å². The number of hydrogen-bond acceptors (Lipinski definition) is 4. The summed E-state index contributed by atoms with van der Waals surface area (Å²) in [4.78, 5) is 10.7. The quantitative estimate of drug-likeness (QED) is 0.543. The van der Waals surface area contributed by atoms with Crippen LogP contribution in [0.1, 0.15) is 19.3 Å². The van der Waals surface area contributed by atoms with Crippen molar-refractivity contribution in [3.05, 3.63) is 0 Å². The molecule has 4 heteroatoms. The number of ether oxygens (including phenoxy) is 1. The Bertz CT molecular complexity index is 141. The average molecular weight is 160 g/mol. The monoisotopic (exact) mass is 160 g/mol. The fourth-order valence-electron chi connectivity index (χ4n) is 0.806. The molecule has 0 aromatic heterocycles. The van der Waals surface area contributed by atoms with Gasteiger partial charge in [0.15, 0.2) is 6.10 Å². The zero-order valence-corrected chi connectivity index (χ0v) is 6.19. The van der Waals surface area contributed by atoms with Crippen LogP contribution in [0.2, 0.25) is 0 Å². The number of carbonyl (C=O) groups excluding carboxylic acids is 1. The summed E-state index contributed by atoms with van der Waals surface area (Å²) in [6.07, 6.45) is 1.44. The molecule has 1 rings (SSSR count). The maximum atomic E-state index is 10.7. The Morgan fingerprint density at radius 1 is 1.64 bits per heavy atom. The molecule has 1 saturated carbocycles. The minimum Gasteiger partial charge on any atom is -0.460 e. The van der Waals surface area contributed by atoms with E-state index in [4.69, 9.17) is 14.9 Å². The maximum absolute atomic E-state index is 10.7. The third-order valence-corrected chi connectivity index (χ3v) is 1.78. The van der Waals surface area contributed by atoms with Crippen LogP contribution in [-0.2, 0) is 9.53 Å². The molecule has 0 saturated heterocycles. The van der Waals surface area contributed by atoms with Gasteiger partial charge in [-0.3, -0.25) is 0 Å². The Morgan fingerprint density at radius 2 is 2.27 bits per heavy atom. The molecule has 4 nitrogen and oxygen atoms in total. The van der Waals surface area contributed by atoms with E-state index in [-0.39, 0.29) is 6.10 Å². The SMILES string of the molecule is O=C(OC1CCC1)C(O)CO. The molecule has 0 spiro atoms. The molecule has 64 valence electrons. The lowest BCUT2D eigenvalue weighted by Crippen LogP contribution is -2.33. The van der Waals surface area contributed by atoms with E-state index in [1.165, 1.54) is 0 Å². The van der Waals surface area contributed by atoms with Gasteiger partial charge in [0.05, 0.1) is 6.61 Å². The van der Waals surface area contributed by atoms with Gasteiger partial charge in [-0.15, -0.1) is 0 Å². The van der Waals surface area contributed by atoms with E-state index in [2.05, 4.69) is 0 Å². The first-order valence-corrected chi connectivity index (χ1v) is 3.73. The summed E-state index contributed by atoms with van der Waals surface area (Å²) in [5.41, 5.74) is 0. The minimum atomic E-state index is -1.37. The molecule has 0 aliphatic heterocycles. The smallest absolute Gasteiger partial charge is 0.337 e. The largest absolute Gasteiger partial charge is 0.460 e. The lowest BCUT2D eigenvalue weighted by Gasteiger charge is -2.25. The molecule has 1 atom stereocenters. The molecular weight excluding hydrogens is 148 g/mol. The summed E-state index contributed by atoms with van der Waals surface area (Å²) in [7, 11) is 0. The Labute approximate surface area is 64.8 Å². The summed E-state index contributed by atoms with van der Waals surface area (Å²) in [5.74, 6) is -0.711. The van der Waals surface area contributed by atoms with Gasteiger partial charge in [-0.2, -0.15) is 0 Å². The van der Waals surface area contributed by atoms with Crippen LogP contribution in [-0.4, -0.2) is 35.0 Å². The minimum absolute atomic E-state index is 0.0244. The van der Waals surface area contributed by atoms with Gasteiger partial charge < -0.3 is 14.9 Å². The molecule has 0 heterocycles. The van der Waals surface area contributed by atoms with Crippen LogP contribution < -0.4 is 0 Å². The predicted octanol–water partition coefficient (Wildman–Crippen LogP) is -0.565. The highest BCUT2D eigenvalue weighted by molar-refractivity contribution is 5.74. The number of aliphatic hydroxyl groups excluding tert-OH is 2. The molecule has 2 N–H and O–H groups in total. The van der Waals surface area contributed by atoms with Gasteiger partial charge >= 0.3 is 5.97 Å². The number of aliphatic hydroxyl groups is 2. The van der Waals surface area contributed by atoms with Crippen molar-refractivity contribution < 1.29 is 19.7 Å². The third-order valence-electron chi connectivity index (χ3n) is 1.78. The molecule has 0 radical (unpaired) electrons. The van der Waals surface area contributed by atoms with E-state index in [0.717, 1.165) is 19.3 Å². The predicted molar refractivity (Wildman–Crippen MR) is 36.8 cm³/mol. The molecular formula is C7H12O4. The van der Waals surface area contributed by atoms with Gasteiger partial charge in [-0.05, 0) is 19.3 Å². The van der Waals surface area contributed by atoms with Crippen molar-refractivity contribution in [3.8, 4) is 0 Å². The molecule has 1 aliphatic rings. The zero-order valence-electron chi connectivity index (χ0n) is 6.19. The summed E-state index contributed by atoms with van der Waals surface area (Å²) in [6, 6.07) is 0. The molecule has 0 amide bonds. The van der Waals surface area contributed by atoms with Crippen LogP contribution in [0, 0.1) is 0 Å². The Balaban J connectivity index is 2.19. The van der Waals surface area contributed by atoms with Crippen LogP contribution in [0.15, 0.2) is 0 Å². The van der Waals surface area contributed by atoms with Gasteiger partial charge in [0.25, 0.3) is 0 Å². The van der Waals surface area contributed by atoms with E-state index < -0.39 is 18.7 Å². The number of rotatable bonds is 3. The zero-order chi connectivity index (χ0) is 8.27. The van der Waals surface area contributed by atoms with Gasteiger partial charge in [0, 0.05) is 0 Å². The normalized spacial score (nSPS) is 20.5. The Morgan fingerprint density at radius 3 is 2.64 bits per heavy atom. The van der Waals surface area contributed by atoms with E-state index in [1.54, 1.807) is 0 Å². The first-order valence-electron chi connectivity index (χ1n) is 3.73. The highest BCUT2D eigenvalue weighted by Gasteiger charge is 2.24. The first-order chi connectivity index (χ1) is 5.24. The topological polar surface area (TPSA) is 66.8 Å². The lowest BCUT2D eigenvalue weighted by molar-refractivity contribution is -0.164. The number of esters is 1. The highest BCUT2D eigenvalue weighted by Crippen LogP contribution is 2.22. The molecule has 0 bridgehead atoms. The Kier molecular flexibility index (Phi) is 2.84. The van der Waals surface area contributed by atoms with E-state index >= 15 is 0 Å². The molecule has 1 aliphatic carbocycles. The first kappa shape index (κ1) is 8.49. The van der Waals surface area contributed by atoms with E-state index in [9.17, 15) is 4.79 Å². The number of carbonyl (C=O) groups is 1. The van der Waals surface area contributed by atoms with Crippen molar-refractivity contribution in [1.82, 2.24) is 0 Å². The van der Waals surface area contributed by atoms with Gasteiger partial charge in [0.1, 0.15) is 6.10 Å². The third kappa shape index (κ3) is 2.17. The molecule has 0 aromatic rings. The lowest BCUT2D eigenvalue weighted by atomic mass is 9.96. The summed E-state index contributed by atoms with van der Waals surface area (Å²) >= 11 is 0. The van der Waals surface area contributed by atoms with Crippen molar-refractivity contribution in [2.45, 2.75) is 31.5 Å². The van der Waals surface area contributed by atoms with Gasteiger partial charge in [0.2, 0.25) is 0 Å². The fourth-order valence-corrected chi connectivity index (χ4v) is 0.806. The molecule has 1 fully saturated rings. The summed E-state index contributed by atoms with van der Waals surface area (Å²) in [6.45, 7) is -0.564. The van der Waals surface area contributed by atoms with Gasteiger partial charge in [-0.1, -0.05) is 0 Å². The van der Waals surface area contributed by atoms with Crippen LogP contribution in [0.3, 0.4) is 0 Å². The van der Waals surface area contributed by atoms with Gasteiger partial charge in [-0.25, -0.2) is 4.79 Å². The van der Waals surface area contributed by atoms with Crippen molar-refractivity contribution >= 4 is 5.97 Å². The Hall–Kier alpha value is -0.610. The van der Waals surface area contributed by atoms with E-state index in [1.807, 2.05) is 0 Å². The fraction of sp³-hybridized carbons (Fsp3) is 0.857. The van der Waals surface area contributed by atoms with Crippen molar-refractivity contribution in [2.24, 2.45) is 0 Å². The second-order valence-corrected chi connectivity index (χ2v) is 2.69. The molecule has 1 unspecified atom stereocenters. The van der Waals surface area contributed by atoms with Crippen LogP contribution in [0.4, 0.5) is 0 Å². The van der Waals surface area contributed by atoms with Crippen molar-refractivity contribution in [1.29, 1.82) is 0 Å². The van der Waals surface area contributed by atoms with Crippen LogP contribution >= 0.6 is 0 Å².